The van der Waals surface area contributed by atoms with Crippen molar-refractivity contribution in [2.24, 2.45) is 5.92 Å². The van der Waals surface area contributed by atoms with E-state index in [0.29, 0.717) is 6.54 Å². The molecule has 0 radical (unpaired) electrons. The topological polar surface area (TPSA) is 58.1 Å². The molecule has 0 bridgehead atoms. The van der Waals surface area contributed by atoms with Gasteiger partial charge < -0.3 is 10.2 Å². The number of piperidine rings is 1. The highest BCUT2D eigenvalue weighted by Crippen LogP contribution is 2.22. The molecule has 3 rings (SSSR count). The van der Waals surface area contributed by atoms with Crippen molar-refractivity contribution >= 4 is 17.4 Å². The van der Waals surface area contributed by atoms with E-state index in [9.17, 15) is 4.79 Å². The van der Waals surface area contributed by atoms with Crippen LogP contribution in [0.4, 0.5) is 11.5 Å². The first-order valence-corrected chi connectivity index (χ1v) is 8.17. The Morgan fingerprint density at radius 1 is 1.30 bits per heavy atom. The van der Waals surface area contributed by atoms with Gasteiger partial charge in [0.1, 0.15) is 5.82 Å². The number of aryl methyl sites for hydroxylation is 1. The quantitative estimate of drug-likeness (QED) is 0.943. The van der Waals surface area contributed by atoms with Gasteiger partial charge in [-0.25, -0.2) is 4.98 Å². The average Bonchev–Trinajstić information content (AvgIpc) is 2.63. The number of carbonyl (C=O) groups excluding carboxylic acids is 1. The van der Waals surface area contributed by atoms with E-state index in [2.05, 4.69) is 39.2 Å². The molecule has 120 valence electrons. The highest BCUT2D eigenvalue weighted by molar-refractivity contribution is 5.93. The summed E-state index contributed by atoms with van der Waals surface area (Å²) in [5, 5.41) is 3.03. The summed E-state index contributed by atoms with van der Waals surface area (Å²) in [6.07, 6.45) is 8.01. The maximum Gasteiger partial charge on any atom is 0.229 e. The van der Waals surface area contributed by atoms with Crippen LogP contribution in [0.3, 0.4) is 0 Å². The van der Waals surface area contributed by atoms with E-state index >= 15 is 0 Å². The van der Waals surface area contributed by atoms with Crippen LogP contribution in [0, 0.1) is 5.92 Å². The molecule has 2 aromatic rings. The second-order valence-corrected chi connectivity index (χ2v) is 5.89. The van der Waals surface area contributed by atoms with Gasteiger partial charge in [-0.2, -0.15) is 0 Å². The largest absolute Gasteiger partial charge is 0.355 e. The summed E-state index contributed by atoms with van der Waals surface area (Å²) >= 11 is 0. The zero-order valence-corrected chi connectivity index (χ0v) is 13.4. The van der Waals surface area contributed by atoms with Crippen LogP contribution in [-0.2, 0) is 11.2 Å². The van der Waals surface area contributed by atoms with E-state index in [1.807, 2.05) is 12.1 Å². The van der Waals surface area contributed by atoms with Crippen molar-refractivity contribution in [2.45, 2.75) is 26.2 Å². The number of benzene rings is 1. The summed E-state index contributed by atoms with van der Waals surface area (Å²) in [7, 11) is 0. The van der Waals surface area contributed by atoms with Crippen LogP contribution in [0.1, 0.15) is 25.3 Å². The zero-order chi connectivity index (χ0) is 16.1. The molecule has 1 aliphatic rings. The van der Waals surface area contributed by atoms with Crippen LogP contribution in [0.15, 0.2) is 42.9 Å². The van der Waals surface area contributed by atoms with Crippen molar-refractivity contribution in [3.63, 3.8) is 0 Å². The van der Waals surface area contributed by atoms with E-state index < -0.39 is 0 Å². The Balaban J connectivity index is 1.62. The third-order valence-corrected chi connectivity index (χ3v) is 4.30. The fourth-order valence-electron chi connectivity index (χ4n) is 2.92. The van der Waals surface area contributed by atoms with E-state index in [0.717, 1.165) is 37.3 Å². The standard InChI is InChI=1S/C18H22N4O/c1-2-14-5-7-16(8-6-14)21-18(23)15-4-3-11-22(13-15)17-12-19-9-10-20-17/h5-10,12,15H,2-4,11,13H2,1H3,(H,21,23). The van der Waals surface area contributed by atoms with Gasteiger partial charge in [0.15, 0.2) is 0 Å². The van der Waals surface area contributed by atoms with Gasteiger partial charge in [-0.3, -0.25) is 9.78 Å². The van der Waals surface area contributed by atoms with Crippen molar-refractivity contribution in [3.8, 4) is 0 Å². The lowest BCUT2D eigenvalue weighted by molar-refractivity contribution is -0.120. The molecule has 0 saturated carbocycles. The van der Waals surface area contributed by atoms with Crippen LogP contribution < -0.4 is 10.2 Å². The fraction of sp³-hybridized carbons (Fsp3) is 0.389. The Hall–Kier alpha value is -2.43. The van der Waals surface area contributed by atoms with Gasteiger partial charge >= 0.3 is 0 Å². The Bertz CT molecular complexity index is 642. The summed E-state index contributed by atoms with van der Waals surface area (Å²) in [5.41, 5.74) is 2.14. The molecule has 1 saturated heterocycles. The van der Waals surface area contributed by atoms with Crippen LogP contribution >= 0.6 is 0 Å². The predicted octanol–water partition coefficient (Wildman–Crippen LogP) is 2.89. The third kappa shape index (κ3) is 3.86. The lowest BCUT2D eigenvalue weighted by Crippen LogP contribution is -2.41. The maximum absolute atomic E-state index is 12.5. The Kier molecular flexibility index (Phi) is 4.86. The van der Waals surface area contributed by atoms with Gasteiger partial charge in [-0.15, -0.1) is 0 Å². The highest BCUT2D eigenvalue weighted by atomic mass is 16.1. The molecule has 1 aliphatic heterocycles. The highest BCUT2D eigenvalue weighted by Gasteiger charge is 2.26. The number of aromatic nitrogens is 2. The van der Waals surface area contributed by atoms with Crippen molar-refractivity contribution in [1.29, 1.82) is 0 Å². The van der Waals surface area contributed by atoms with Gasteiger partial charge in [-0.05, 0) is 37.0 Å². The van der Waals surface area contributed by atoms with Gasteiger partial charge in [0.2, 0.25) is 5.91 Å². The normalized spacial score (nSPS) is 17.8. The van der Waals surface area contributed by atoms with Crippen LogP contribution in [0.25, 0.3) is 0 Å². The minimum absolute atomic E-state index is 0.0170. The lowest BCUT2D eigenvalue weighted by Gasteiger charge is -2.32. The van der Waals surface area contributed by atoms with Crippen LogP contribution in [0.2, 0.25) is 0 Å². The number of nitrogens with zero attached hydrogens (tertiary/aromatic N) is 3. The summed E-state index contributed by atoms with van der Waals surface area (Å²) in [6.45, 7) is 3.74. The number of rotatable bonds is 4. The predicted molar refractivity (Wildman–Crippen MR) is 91.4 cm³/mol. The molecular weight excluding hydrogens is 288 g/mol. The van der Waals surface area contributed by atoms with Crippen molar-refractivity contribution < 1.29 is 4.79 Å². The molecule has 5 nitrogen and oxygen atoms in total. The number of carbonyl (C=O) groups is 1. The molecule has 5 heteroatoms. The first-order chi connectivity index (χ1) is 11.3. The lowest BCUT2D eigenvalue weighted by atomic mass is 9.97. The SMILES string of the molecule is CCc1ccc(NC(=O)C2CCCN(c3cnccn3)C2)cc1. The zero-order valence-electron chi connectivity index (χ0n) is 13.4. The third-order valence-electron chi connectivity index (χ3n) is 4.30. The Morgan fingerprint density at radius 2 is 2.13 bits per heavy atom. The molecule has 1 N–H and O–H groups in total. The minimum Gasteiger partial charge on any atom is -0.355 e. The number of hydrogen-bond acceptors (Lipinski definition) is 4. The molecule has 1 atom stereocenters. The van der Waals surface area contributed by atoms with Gasteiger partial charge in [0.25, 0.3) is 0 Å². The summed E-state index contributed by atoms with van der Waals surface area (Å²) in [6, 6.07) is 8.06. The molecule has 0 aliphatic carbocycles. The van der Waals surface area contributed by atoms with E-state index in [1.165, 1.54) is 5.56 Å². The molecular formula is C18H22N4O. The van der Waals surface area contributed by atoms with Crippen molar-refractivity contribution in [2.75, 3.05) is 23.3 Å². The second kappa shape index (κ2) is 7.22. The number of hydrogen-bond donors (Lipinski definition) is 1. The number of anilines is 2. The summed E-state index contributed by atoms with van der Waals surface area (Å²) in [4.78, 5) is 23.1. The molecule has 1 aromatic heterocycles. The first-order valence-electron chi connectivity index (χ1n) is 8.17. The molecule has 1 fully saturated rings. The minimum atomic E-state index is -0.0170. The number of nitrogens with one attached hydrogen (secondary N) is 1. The smallest absolute Gasteiger partial charge is 0.229 e. The van der Waals surface area contributed by atoms with Crippen molar-refractivity contribution in [1.82, 2.24) is 9.97 Å². The van der Waals surface area contributed by atoms with Crippen LogP contribution in [-0.4, -0.2) is 29.0 Å². The Morgan fingerprint density at radius 3 is 2.83 bits per heavy atom. The molecule has 1 unspecified atom stereocenters. The van der Waals surface area contributed by atoms with E-state index in [4.69, 9.17) is 0 Å². The van der Waals surface area contributed by atoms with Crippen LogP contribution in [0.5, 0.6) is 0 Å². The number of amides is 1. The molecule has 0 spiro atoms. The molecule has 1 aromatic carbocycles. The summed E-state index contributed by atoms with van der Waals surface area (Å²) in [5.74, 6) is 0.914. The summed E-state index contributed by atoms with van der Waals surface area (Å²) < 4.78 is 0. The van der Waals surface area contributed by atoms with E-state index in [1.54, 1.807) is 18.6 Å². The van der Waals surface area contributed by atoms with Gasteiger partial charge in [-0.1, -0.05) is 19.1 Å². The van der Waals surface area contributed by atoms with E-state index in [-0.39, 0.29) is 11.8 Å². The monoisotopic (exact) mass is 310 g/mol. The van der Waals surface area contributed by atoms with Gasteiger partial charge in [0.05, 0.1) is 12.1 Å². The average molecular weight is 310 g/mol. The maximum atomic E-state index is 12.5. The molecule has 23 heavy (non-hydrogen) atoms. The Labute approximate surface area is 136 Å². The second-order valence-electron chi connectivity index (χ2n) is 5.89. The fourth-order valence-corrected chi connectivity index (χ4v) is 2.92. The first kappa shape index (κ1) is 15.5. The van der Waals surface area contributed by atoms with Crippen molar-refractivity contribution in [3.05, 3.63) is 48.4 Å². The molecule has 2 heterocycles. The molecule has 1 amide bonds. The van der Waals surface area contributed by atoms with Gasteiger partial charge in [0, 0.05) is 31.2 Å².